The highest BCUT2D eigenvalue weighted by molar-refractivity contribution is 7.89. The van der Waals surface area contributed by atoms with Gasteiger partial charge >= 0.3 is 0 Å². The normalized spacial score (nSPS) is 11.6. The number of unbranched alkanes of at least 4 members (excludes halogenated alkanes) is 1. The van der Waals surface area contributed by atoms with Crippen molar-refractivity contribution in [2.75, 3.05) is 18.2 Å². The maximum absolute atomic E-state index is 11.5. The first-order valence-corrected chi connectivity index (χ1v) is 7.90. The van der Waals surface area contributed by atoms with Gasteiger partial charge in [-0.05, 0) is 24.8 Å². The van der Waals surface area contributed by atoms with Gasteiger partial charge in [-0.15, -0.1) is 11.6 Å². The predicted octanol–water partition coefficient (Wildman–Crippen LogP) is 2.17. The van der Waals surface area contributed by atoms with Gasteiger partial charge in [-0.25, -0.2) is 13.1 Å². The first kappa shape index (κ1) is 14.5. The molecule has 0 unspecified atom stereocenters. The number of benzene rings is 1. The fourth-order valence-electron chi connectivity index (χ4n) is 1.45. The van der Waals surface area contributed by atoms with Crippen LogP contribution in [0.15, 0.2) is 30.3 Å². The molecule has 0 bridgehead atoms. The highest BCUT2D eigenvalue weighted by Crippen LogP contribution is 2.00. The largest absolute Gasteiger partial charge is 0.215 e. The van der Waals surface area contributed by atoms with Crippen LogP contribution in [0.2, 0.25) is 0 Å². The van der Waals surface area contributed by atoms with Crippen molar-refractivity contribution in [3.8, 4) is 0 Å². The Kier molecular flexibility index (Phi) is 6.55. The van der Waals surface area contributed by atoms with Crippen molar-refractivity contribution in [1.82, 2.24) is 4.72 Å². The molecule has 0 aliphatic carbocycles. The van der Waals surface area contributed by atoms with E-state index >= 15 is 0 Å². The number of nitrogens with one attached hydrogen (secondary N) is 1. The Balaban J connectivity index is 2.26. The van der Waals surface area contributed by atoms with E-state index in [9.17, 15) is 8.42 Å². The standard InChI is InChI=1S/C12H18ClNO2S/c13-9-4-5-11-17(15,16)14-10-8-12-6-2-1-3-7-12/h1-3,6-7,14H,4-5,8-11H2. The molecule has 0 spiro atoms. The van der Waals surface area contributed by atoms with E-state index in [0.29, 0.717) is 18.8 Å². The smallest absolute Gasteiger partial charge is 0.211 e. The molecule has 0 saturated heterocycles. The molecule has 5 heteroatoms. The molecule has 0 aliphatic heterocycles. The van der Waals surface area contributed by atoms with Crippen LogP contribution in [0, 0.1) is 0 Å². The summed E-state index contributed by atoms with van der Waals surface area (Å²) in [6.45, 7) is 0.452. The van der Waals surface area contributed by atoms with Crippen molar-refractivity contribution in [3.05, 3.63) is 35.9 Å². The van der Waals surface area contributed by atoms with Crippen LogP contribution in [0.3, 0.4) is 0 Å². The second kappa shape index (κ2) is 7.69. The molecule has 0 atom stereocenters. The third-order valence-corrected chi connectivity index (χ3v) is 4.11. The second-order valence-corrected chi connectivity index (χ2v) is 6.15. The van der Waals surface area contributed by atoms with Crippen molar-refractivity contribution >= 4 is 21.6 Å². The minimum atomic E-state index is -3.13. The Morgan fingerprint density at radius 3 is 2.47 bits per heavy atom. The summed E-state index contributed by atoms with van der Waals surface area (Å²) in [4.78, 5) is 0. The summed E-state index contributed by atoms with van der Waals surface area (Å²) in [5.74, 6) is 0.675. The van der Waals surface area contributed by atoms with Crippen LogP contribution >= 0.6 is 11.6 Å². The molecular weight excluding hydrogens is 258 g/mol. The Morgan fingerprint density at radius 1 is 1.12 bits per heavy atom. The lowest BCUT2D eigenvalue weighted by Crippen LogP contribution is -2.28. The quantitative estimate of drug-likeness (QED) is 0.584. The van der Waals surface area contributed by atoms with E-state index in [1.54, 1.807) is 0 Å². The number of alkyl halides is 1. The van der Waals surface area contributed by atoms with E-state index in [1.165, 1.54) is 0 Å². The van der Waals surface area contributed by atoms with Crippen LogP contribution in [0.5, 0.6) is 0 Å². The zero-order valence-corrected chi connectivity index (χ0v) is 11.3. The summed E-state index contributed by atoms with van der Waals surface area (Å²) in [6.07, 6.45) is 2.07. The number of halogens is 1. The van der Waals surface area contributed by atoms with E-state index in [0.717, 1.165) is 18.4 Å². The van der Waals surface area contributed by atoms with Crippen molar-refractivity contribution in [2.45, 2.75) is 19.3 Å². The highest BCUT2D eigenvalue weighted by Gasteiger charge is 2.08. The minimum Gasteiger partial charge on any atom is -0.215 e. The van der Waals surface area contributed by atoms with Crippen LogP contribution in [0.1, 0.15) is 18.4 Å². The molecule has 3 nitrogen and oxygen atoms in total. The van der Waals surface area contributed by atoms with Crippen molar-refractivity contribution in [1.29, 1.82) is 0 Å². The van der Waals surface area contributed by atoms with E-state index in [1.807, 2.05) is 30.3 Å². The lowest BCUT2D eigenvalue weighted by molar-refractivity contribution is 0.578. The molecule has 1 aromatic carbocycles. The van der Waals surface area contributed by atoms with Gasteiger partial charge in [0, 0.05) is 12.4 Å². The zero-order valence-electron chi connectivity index (χ0n) is 9.73. The van der Waals surface area contributed by atoms with Gasteiger partial charge in [0.25, 0.3) is 0 Å². The summed E-state index contributed by atoms with van der Waals surface area (Å²) in [5, 5.41) is 0. The molecule has 0 heterocycles. The zero-order chi connectivity index (χ0) is 12.6. The fourth-order valence-corrected chi connectivity index (χ4v) is 2.78. The number of rotatable bonds is 8. The fraction of sp³-hybridized carbons (Fsp3) is 0.500. The summed E-state index contributed by atoms with van der Waals surface area (Å²) >= 11 is 5.50. The van der Waals surface area contributed by atoms with E-state index in [-0.39, 0.29) is 5.75 Å². The van der Waals surface area contributed by atoms with Gasteiger partial charge in [-0.2, -0.15) is 0 Å². The van der Waals surface area contributed by atoms with E-state index in [2.05, 4.69) is 4.72 Å². The molecule has 0 aliphatic rings. The summed E-state index contributed by atoms with van der Waals surface area (Å²) in [5.41, 5.74) is 1.14. The molecule has 0 aromatic heterocycles. The third-order valence-electron chi connectivity index (χ3n) is 2.38. The van der Waals surface area contributed by atoms with Crippen molar-refractivity contribution in [2.24, 2.45) is 0 Å². The molecule has 0 amide bonds. The third kappa shape index (κ3) is 6.66. The summed E-state index contributed by atoms with van der Waals surface area (Å²) < 4.78 is 25.7. The monoisotopic (exact) mass is 275 g/mol. The van der Waals surface area contributed by atoms with Crippen LogP contribution < -0.4 is 4.72 Å². The predicted molar refractivity (Wildman–Crippen MR) is 71.9 cm³/mol. The van der Waals surface area contributed by atoms with Gasteiger partial charge in [0.1, 0.15) is 0 Å². The van der Waals surface area contributed by atoms with Crippen molar-refractivity contribution < 1.29 is 8.42 Å². The average molecular weight is 276 g/mol. The Labute approximate surface area is 108 Å². The van der Waals surface area contributed by atoms with E-state index < -0.39 is 10.0 Å². The van der Waals surface area contributed by atoms with Crippen molar-refractivity contribution in [3.63, 3.8) is 0 Å². The minimum absolute atomic E-state index is 0.161. The Bertz CT molecular complexity index is 406. The average Bonchev–Trinajstić information content (AvgIpc) is 2.30. The molecule has 0 fully saturated rings. The lowest BCUT2D eigenvalue weighted by Gasteiger charge is -2.06. The van der Waals surface area contributed by atoms with Gasteiger partial charge in [0.15, 0.2) is 0 Å². The van der Waals surface area contributed by atoms with Gasteiger partial charge in [0.2, 0.25) is 10.0 Å². The second-order valence-electron chi connectivity index (χ2n) is 3.84. The molecule has 1 N–H and O–H groups in total. The molecule has 1 rings (SSSR count). The Hall–Kier alpha value is -0.580. The van der Waals surface area contributed by atoms with Gasteiger partial charge in [0.05, 0.1) is 5.75 Å². The topological polar surface area (TPSA) is 46.2 Å². The molecule has 0 saturated carbocycles. The Morgan fingerprint density at radius 2 is 1.82 bits per heavy atom. The first-order chi connectivity index (χ1) is 8.14. The number of hydrogen-bond donors (Lipinski definition) is 1. The van der Waals surface area contributed by atoms with Crippen LogP contribution in [-0.4, -0.2) is 26.6 Å². The molecule has 96 valence electrons. The van der Waals surface area contributed by atoms with Crippen LogP contribution in [-0.2, 0) is 16.4 Å². The SMILES string of the molecule is O=S(=O)(CCCCCl)NCCc1ccccc1. The first-order valence-electron chi connectivity index (χ1n) is 5.71. The van der Waals surface area contributed by atoms with Gasteiger partial charge < -0.3 is 0 Å². The summed E-state index contributed by atoms with van der Waals surface area (Å²) in [6, 6.07) is 9.82. The number of hydrogen-bond acceptors (Lipinski definition) is 2. The molecule has 0 radical (unpaired) electrons. The van der Waals surface area contributed by atoms with Gasteiger partial charge in [-0.3, -0.25) is 0 Å². The van der Waals surface area contributed by atoms with Crippen LogP contribution in [0.4, 0.5) is 0 Å². The number of sulfonamides is 1. The van der Waals surface area contributed by atoms with E-state index in [4.69, 9.17) is 11.6 Å². The molecule has 1 aromatic rings. The maximum Gasteiger partial charge on any atom is 0.211 e. The summed E-state index contributed by atoms with van der Waals surface area (Å²) in [7, 11) is -3.13. The molecular formula is C12H18ClNO2S. The highest BCUT2D eigenvalue weighted by atomic mass is 35.5. The maximum atomic E-state index is 11.5. The van der Waals surface area contributed by atoms with Crippen LogP contribution in [0.25, 0.3) is 0 Å². The lowest BCUT2D eigenvalue weighted by atomic mass is 10.2. The van der Waals surface area contributed by atoms with Gasteiger partial charge in [-0.1, -0.05) is 30.3 Å². The molecule has 17 heavy (non-hydrogen) atoms.